The van der Waals surface area contributed by atoms with Gasteiger partial charge in [-0.3, -0.25) is 14.5 Å². The number of methoxy groups -OCH3 is 2. The van der Waals surface area contributed by atoms with E-state index in [0.717, 1.165) is 17.5 Å². The molecule has 0 saturated heterocycles. The summed E-state index contributed by atoms with van der Waals surface area (Å²) in [7, 11) is 3.09. The standard InChI is InChI=1S/C32H28N2O7S/c1-4-5-14-40-21-10-6-8-18(15-21)27-26(28(35)24-16-19-9-7-11-23(39-3)30(19)41-24)29(36)31(37)34(27)32-33-22-13-12-20(38-2)17-25(22)42-32/h6-13,15-17,27,36H,4-5,14H2,1-3H3. The molecule has 3 heterocycles. The molecule has 0 fully saturated rings. The average Bonchev–Trinajstić information content (AvgIpc) is 3.70. The van der Waals surface area contributed by atoms with E-state index >= 15 is 0 Å². The maximum atomic E-state index is 14.1. The highest BCUT2D eigenvalue weighted by atomic mass is 32.1. The summed E-state index contributed by atoms with van der Waals surface area (Å²) in [6.07, 6.45) is 1.86. The number of hydrogen-bond donors (Lipinski definition) is 1. The number of ketones is 1. The van der Waals surface area contributed by atoms with Crippen LogP contribution in [0.3, 0.4) is 0 Å². The average molecular weight is 585 g/mol. The van der Waals surface area contributed by atoms with Gasteiger partial charge in [0, 0.05) is 5.39 Å². The number of Topliss-reactive ketones (excluding diaryl/α,β-unsaturated/α-hetero) is 1. The fourth-order valence-electron chi connectivity index (χ4n) is 5.02. The lowest BCUT2D eigenvalue weighted by Crippen LogP contribution is -2.31. The van der Waals surface area contributed by atoms with E-state index in [1.54, 1.807) is 61.7 Å². The molecule has 2 aromatic heterocycles. The van der Waals surface area contributed by atoms with E-state index < -0.39 is 23.5 Å². The number of furan rings is 1. The van der Waals surface area contributed by atoms with Gasteiger partial charge in [-0.05, 0) is 54.4 Å². The van der Waals surface area contributed by atoms with Crippen molar-refractivity contribution in [3.05, 3.63) is 89.4 Å². The van der Waals surface area contributed by atoms with Crippen LogP contribution in [0, 0.1) is 0 Å². The first-order chi connectivity index (χ1) is 20.4. The number of carbonyl (C=O) groups is 2. The minimum Gasteiger partial charge on any atom is -0.503 e. The van der Waals surface area contributed by atoms with Gasteiger partial charge >= 0.3 is 0 Å². The molecule has 3 aromatic carbocycles. The molecule has 0 saturated carbocycles. The van der Waals surface area contributed by atoms with E-state index in [0.29, 0.717) is 51.0 Å². The van der Waals surface area contributed by atoms with Crippen molar-refractivity contribution in [1.29, 1.82) is 0 Å². The summed E-state index contributed by atoms with van der Waals surface area (Å²) >= 11 is 1.26. The predicted octanol–water partition coefficient (Wildman–Crippen LogP) is 7.02. The normalized spacial score (nSPS) is 15.2. The molecule has 214 valence electrons. The zero-order valence-electron chi connectivity index (χ0n) is 23.2. The Morgan fingerprint density at radius 2 is 1.88 bits per heavy atom. The summed E-state index contributed by atoms with van der Waals surface area (Å²) in [5, 5.41) is 12.2. The molecule has 0 aliphatic carbocycles. The number of nitrogens with zero attached hydrogens (tertiary/aromatic N) is 2. The minimum atomic E-state index is -0.989. The Labute approximate surface area is 245 Å². The fraction of sp³-hybridized carbons (Fsp3) is 0.219. The Bertz CT molecular complexity index is 1850. The van der Waals surface area contributed by atoms with Crippen LogP contribution in [-0.4, -0.2) is 42.6 Å². The number of para-hydroxylation sites is 1. The summed E-state index contributed by atoms with van der Waals surface area (Å²) in [5.41, 5.74) is 1.52. The highest BCUT2D eigenvalue weighted by Crippen LogP contribution is 2.45. The van der Waals surface area contributed by atoms with Crippen LogP contribution in [0.25, 0.3) is 21.2 Å². The molecule has 0 bridgehead atoms. The smallest absolute Gasteiger partial charge is 0.296 e. The Kier molecular flexibility index (Phi) is 7.30. The quantitative estimate of drug-likeness (QED) is 0.138. The molecule has 10 heteroatoms. The Morgan fingerprint density at radius 1 is 1.05 bits per heavy atom. The van der Waals surface area contributed by atoms with Crippen molar-refractivity contribution in [3.63, 3.8) is 0 Å². The van der Waals surface area contributed by atoms with E-state index in [-0.39, 0.29) is 11.3 Å². The lowest BCUT2D eigenvalue weighted by molar-refractivity contribution is -0.117. The predicted molar refractivity (Wildman–Crippen MR) is 160 cm³/mol. The van der Waals surface area contributed by atoms with Gasteiger partial charge in [-0.25, -0.2) is 4.98 Å². The van der Waals surface area contributed by atoms with Crippen LogP contribution >= 0.6 is 11.3 Å². The summed E-state index contributed by atoms with van der Waals surface area (Å²) in [6.45, 7) is 2.61. The first-order valence-corrected chi connectivity index (χ1v) is 14.3. The molecule has 1 aliphatic rings. The second kappa shape index (κ2) is 11.2. The van der Waals surface area contributed by atoms with E-state index in [9.17, 15) is 14.7 Å². The van der Waals surface area contributed by atoms with Crippen LogP contribution in [0.2, 0.25) is 0 Å². The number of benzene rings is 3. The number of amides is 1. The maximum absolute atomic E-state index is 14.1. The van der Waals surface area contributed by atoms with E-state index in [1.165, 1.54) is 23.3 Å². The van der Waals surface area contributed by atoms with Crippen molar-refractivity contribution in [3.8, 4) is 17.2 Å². The van der Waals surface area contributed by atoms with Crippen LogP contribution in [0.5, 0.6) is 17.2 Å². The number of carbonyl (C=O) groups excluding carboxylic acids is 2. The van der Waals surface area contributed by atoms with Crippen LogP contribution in [0.4, 0.5) is 5.13 Å². The van der Waals surface area contributed by atoms with Gasteiger partial charge in [0.25, 0.3) is 5.91 Å². The number of unbranched alkanes of at least 4 members (excludes halogenated alkanes) is 1. The first kappa shape index (κ1) is 27.3. The molecule has 1 N–H and O–H groups in total. The second-order valence-electron chi connectivity index (χ2n) is 9.76. The van der Waals surface area contributed by atoms with Crippen LogP contribution in [-0.2, 0) is 4.79 Å². The Morgan fingerprint density at radius 3 is 2.67 bits per heavy atom. The summed E-state index contributed by atoms with van der Waals surface area (Å²) in [4.78, 5) is 33.9. The van der Waals surface area contributed by atoms with Gasteiger partial charge in [0.05, 0.1) is 42.7 Å². The Balaban J connectivity index is 1.48. The number of fused-ring (bicyclic) bond motifs is 2. The van der Waals surface area contributed by atoms with Crippen molar-refractivity contribution in [2.75, 3.05) is 25.7 Å². The van der Waals surface area contributed by atoms with Gasteiger partial charge < -0.3 is 23.7 Å². The van der Waals surface area contributed by atoms with Crippen molar-refractivity contribution >= 4 is 49.3 Å². The van der Waals surface area contributed by atoms with Crippen LogP contribution in [0.15, 0.2) is 82.5 Å². The number of thiazole rings is 1. The van der Waals surface area contributed by atoms with Crippen molar-refractivity contribution < 1.29 is 33.3 Å². The van der Waals surface area contributed by atoms with E-state index in [4.69, 9.17) is 18.6 Å². The van der Waals surface area contributed by atoms with Gasteiger partial charge in [-0.2, -0.15) is 0 Å². The minimum absolute atomic E-state index is 0.0277. The van der Waals surface area contributed by atoms with E-state index in [1.807, 2.05) is 12.1 Å². The first-order valence-electron chi connectivity index (χ1n) is 13.5. The molecule has 1 unspecified atom stereocenters. The van der Waals surface area contributed by atoms with Gasteiger partial charge in [-0.15, -0.1) is 0 Å². The third kappa shape index (κ3) is 4.73. The molecule has 5 aromatic rings. The monoisotopic (exact) mass is 584 g/mol. The zero-order valence-corrected chi connectivity index (χ0v) is 24.1. The number of aliphatic hydroxyl groups excluding tert-OH is 1. The largest absolute Gasteiger partial charge is 0.503 e. The lowest BCUT2D eigenvalue weighted by atomic mass is 9.95. The number of anilines is 1. The summed E-state index contributed by atoms with van der Waals surface area (Å²) < 4.78 is 23.4. The Hall–Kier alpha value is -4.83. The molecule has 6 rings (SSSR count). The molecule has 1 aliphatic heterocycles. The highest BCUT2D eigenvalue weighted by molar-refractivity contribution is 7.22. The molecular weight excluding hydrogens is 556 g/mol. The molecule has 1 amide bonds. The summed E-state index contributed by atoms with van der Waals surface area (Å²) in [5.74, 6) is -0.337. The van der Waals surface area contributed by atoms with Gasteiger partial charge in [-0.1, -0.05) is 48.9 Å². The van der Waals surface area contributed by atoms with Crippen LogP contribution < -0.4 is 19.1 Å². The van der Waals surface area contributed by atoms with Gasteiger partial charge in [0.15, 0.2) is 28.0 Å². The lowest BCUT2D eigenvalue weighted by Gasteiger charge is -2.24. The molecule has 0 radical (unpaired) electrons. The molecule has 9 nitrogen and oxygen atoms in total. The van der Waals surface area contributed by atoms with Gasteiger partial charge in [0.1, 0.15) is 11.5 Å². The van der Waals surface area contributed by atoms with Crippen molar-refractivity contribution in [2.45, 2.75) is 25.8 Å². The second-order valence-corrected chi connectivity index (χ2v) is 10.8. The summed E-state index contributed by atoms with van der Waals surface area (Å²) in [6, 6.07) is 18.5. The third-order valence-corrected chi connectivity index (χ3v) is 8.15. The molecule has 1 atom stereocenters. The maximum Gasteiger partial charge on any atom is 0.296 e. The van der Waals surface area contributed by atoms with Crippen LogP contribution in [0.1, 0.15) is 41.9 Å². The fourth-order valence-corrected chi connectivity index (χ4v) is 6.04. The van der Waals surface area contributed by atoms with Crippen molar-refractivity contribution in [1.82, 2.24) is 4.98 Å². The van der Waals surface area contributed by atoms with Gasteiger partial charge in [0.2, 0.25) is 5.78 Å². The number of aromatic nitrogens is 1. The number of aliphatic hydroxyl groups is 1. The topological polar surface area (TPSA) is 111 Å². The zero-order chi connectivity index (χ0) is 29.4. The number of ether oxygens (including phenoxy) is 3. The molecule has 0 spiro atoms. The number of rotatable bonds is 10. The highest BCUT2D eigenvalue weighted by Gasteiger charge is 2.46. The number of hydrogen-bond acceptors (Lipinski definition) is 9. The molecular formula is C32H28N2O7S. The van der Waals surface area contributed by atoms with Crippen molar-refractivity contribution in [2.24, 2.45) is 0 Å². The molecule has 42 heavy (non-hydrogen) atoms. The SMILES string of the molecule is CCCCOc1cccc(C2C(C(=O)c3cc4cccc(OC)c4o3)=C(O)C(=O)N2c2nc3ccc(OC)cc3s2)c1. The third-order valence-electron chi connectivity index (χ3n) is 7.14. The van der Waals surface area contributed by atoms with E-state index in [2.05, 4.69) is 11.9 Å².